The fraction of sp³-hybridized carbons (Fsp3) is 1.00. The summed E-state index contributed by atoms with van der Waals surface area (Å²) in [5.74, 6) is 0. The van der Waals surface area contributed by atoms with Crippen LogP contribution in [-0.2, 0) is 0 Å². The molecular weight excluding hydrogens is 202 g/mol. The molecule has 1 fully saturated rings. The van der Waals surface area contributed by atoms with Crippen LogP contribution in [0.4, 0.5) is 0 Å². The maximum Gasteiger partial charge on any atom is 0.0597 e. The quantitative estimate of drug-likeness (QED) is 0.671. The topological polar surface area (TPSA) is 38.7 Å². The van der Waals surface area contributed by atoms with Gasteiger partial charge in [0, 0.05) is 44.8 Å². The zero-order chi connectivity index (χ0) is 12.0. The van der Waals surface area contributed by atoms with Crippen molar-refractivity contribution in [3.05, 3.63) is 0 Å². The van der Waals surface area contributed by atoms with Crippen LogP contribution in [0.3, 0.4) is 0 Å². The van der Waals surface area contributed by atoms with Crippen molar-refractivity contribution in [3.8, 4) is 0 Å². The second kappa shape index (κ2) is 7.22. The average Bonchev–Trinajstić information content (AvgIpc) is 2.28. The average molecular weight is 229 g/mol. The number of rotatable bonds is 6. The number of nitrogens with zero attached hydrogens (tertiary/aromatic N) is 2. The number of piperazine rings is 1. The minimum Gasteiger partial charge on any atom is -0.395 e. The van der Waals surface area contributed by atoms with Gasteiger partial charge in [-0.05, 0) is 6.54 Å². The van der Waals surface area contributed by atoms with E-state index in [2.05, 4.69) is 35.9 Å². The molecule has 1 unspecified atom stereocenters. The van der Waals surface area contributed by atoms with Gasteiger partial charge in [-0.1, -0.05) is 20.8 Å². The highest BCUT2D eigenvalue weighted by atomic mass is 16.3. The Hall–Kier alpha value is -0.160. The van der Waals surface area contributed by atoms with E-state index < -0.39 is 0 Å². The summed E-state index contributed by atoms with van der Waals surface area (Å²) in [5.41, 5.74) is 0. The van der Waals surface area contributed by atoms with E-state index in [1.807, 2.05) is 0 Å². The van der Waals surface area contributed by atoms with Crippen LogP contribution in [-0.4, -0.2) is 72.9 Å². The van der Waals surface area contributed by atoms with Crippen LogP contribution in [0.5, 0.6) is 0 Å². The Bertz CT molecular complexity index is 179. The van der Waals surface area contributed by atoms with Crippen LogP contribution in [0.15, 0.2) is 0 Å². The first kappa shape index (κ1) is 13.9. The van der Waals surface area contributed by atoms with Crippen molar-refractivity contribution in [2.24, 2.45) is 0 Å². The third kappa shape index (κ3) is 4.78. The summed E-state index contributed by atoms with van der Waals surface area (Å²) < 4.78 is 0. The molecule has 1 heterocycles. The first-order valence-electron chi connectivity index (χ1n) is 6.47. The van der Waals surface area contributed by atoms with Crippen LogP contribution >= 0.6 is 0 Å². The highest BCUT2D eigenvalue weighted by Crippen LogP contribution is 2.02. The van der Waals surface area contributed by atoms with E-state index in [9.17, 15) is 5.11 Å². The standard InChI is InChI=1S/C12H27N3O/c1-4-14-5-7-15(8-6-14)9-12(10-16)13-11(2)3/h11-13,16H,4-10H2,1-3H3. The summed E-state index contributed by atoms with van der Waals surface area (Å²) in [6.07, 6.45) is 0. The van der Waals surface area contributed by atoms with E-state index in [-0.39, 0.29) is 12.6 Å². The molecule has 0 amide bonds. The maximum absolute atomic E-state index is 9.30. The molecule has 4 heteroatoms. The van der Waals surface area contributed by atoms with Gasteiger partial charge in [0.25, 0.3) is 0 Å². The molecule has 1 atom stereocenters. The number of aliphatic hydroxyl groups excluding tert-OH is 1. The molecule has 1 rings (SSSR count). The fourth-order valence-electron chi connectivity index (χ4n) is 2.23. The Labute approximate surface area is 99.6 Å². The zero-order valence-corrected chi connectivity index (χ0v) is 10.9. The fourth-order valence-corrected chi connectivity index (χ4v) is 2.23. The lowest BCUT2D eigenvalue weighted by Gasteiger charge is -2.36. The number of aliphatic hydroxyl groups is 1. The van der Waals surface area contributed by atoms with Gasteiger partial charge in [0.2, 0.25) is 0 Å². The first-order valence-corrected chi connectivity index (χ1v) is 6.47. The second-order valence-corrected chi connectivity index (χ2v) is 4.94. The van der Waals surface area contributed by atoms with Crippen molar-refractivity contribution in [2.45, 2.75) is 32.9 Å². The smallest absolute Gasteiger partial charge is 0.0597 e. The Morgan fingerprint density at radius 3 is 2.12 bits per heavy atom. The highest BCUT2D eigenvalue weighted by Gasteiger charge is 2.18. The van der Waals surface area contributed by atoms with Gasteiger partial charge in [-0.3, -0.25) is 4.90 Å². The summed E-state index contributed by atoms with van der Waals surface area (Å²) in [7, 11) is 0. The molecule has 0 aromatic heterocycles. The predicted octanol–water partition coefficient (Wildman–Crippen LogP) is -0.0172. The first-order chi connectivity index (χ1) is 7.65. The lowest BCUT2D eigenvalue weighted by Crippen LogP contribution is -2.52. The molecule has 0 aromatic carbocycles. The summed E-state index contributed by atoms with van der Waals surface area (Å²) >= 11 is 0. The molecule has 16 heavy (non-hydrogen) atoms. The van der Waals surface area contributed by atoms with Gasteiger partial charge in [0.1, 0.15) is 0 Å². The van der Waals surface area contributed by atoms with Crippen LogP contribution in [0, 0.1) is 0 Å². The van der Waals surface area contributed by atoms with Crippen molar-refractivity contribution in [1.82, 2.24) is 15.1 Å². The molecule has 4 nitrogen and oxygen atoms in total. The van der Waals surface area contributed by atoms with Crippen molar-refractivity contribution in [3.63, 3.8) is 0 Å². The lowest BCUT2D eigenvalue weighted by molar-refractivity contribution is 0.111. The molecule has 96 valence electrons. The van der Waals surface area contributed by atoms with Gasteiger partial charge in [0.05, 0.1) is 6.61 Å². The Kier molecular flexibility index (Phi) is 6.28. The number of nitrogens with one attached hydrogen (secondary N) is 1. The monoisotopic (exact) mass is 229 g/mol. The molecule has 0 saturated carbocycles. The van der Waals surface area contributed by atoms with Crippen molar-refractivity contribution < 1.29 is 5.11 Å². The largest absolute Gasteiger partial charge is 0.395 e. The summed E-state index contributed by atoms with van der Waals surface area (Å²) in [6, 6.07) is 0.655. The van der Waals surface area contributed by atoms with Gasteiger partial charge >= 0.3 is 0 Å². The third-order valence-electron chi connectivity index (χ3n) is 3.18. The van der Waals surface area contributed by atoms with Crippen LogP contribution in [0.1, 0.15) is 20.8 Å². The molecule has 0 aliphatic carbocycles. The molecule has 1 aliphatic heterocycles. The molecule has 0 aromatic rings. The van der Waals surface area contributed by atoms with Gasteiger partial charge < -0.3 is 15.3 Å². The van der Waals surface area contributed by atoms with E-state index in [0.717, 1.165) is 39.3 Å². The summed E-state index contributed by atoms with van der Waals surface area (Å²) in [4.78, 5) is 4.92. The van der Waals surface area contributed by atoms with Crippen LogP contribution in [0.2, 0.25) is 0 Å². The van der Waals surface area contributed by atoms with E-state index in [4.69, 9.17) is 0 Å². The van der Waals surface area contributed by atoms with Crippen LogP contribution in [0.25, 0.3) is 0 Å². The summed E-state index contributed by atoms with van der Waals surface area (Å²) in [5, 5.41) is 12.7. The molecule has 0 radical (unpaired) electrons. The van der Waals surface area contributed by atoms with Gasteiger partial charge in [-0.15, -0.1) is 0 Å². The maximum atomic E-state index is 9.30. The van der Waals surface area contributed by atoms with E-state index in [0.29, 0.717) is 6.04 Å². The minimum absolute atomic E-state index is 0.216. The lowest BCUT2D eigenvalue weighted by atomic mass is 10.2. The van der Waals surface area contributed by atoms with Crippen molar-refractivity contribution >= 4 is 0 Å². The van der Waals surface area contributed by atoms with Gasteiger partial charge in [-0.2, -0.15) is 0 Å². The highest BCUT2D eigenvalue weighted by molar-refractivity contribution is 4.77. The van der Waals surface area contributed by atoms with E-state index in [1.54, 1.807) is 0 Å². The SMILES string of the molecule is CCN1CCN(CC(CO)NC(C)C)CC1. The normalized spacial score (nSPS) is 21.6. The number of hydrogen-bond donors (Lipinski definition) is 2. The molecular formula is C12H27N3O. The van der Waals surface area contributed by atoms with Gasteiger partial charge in [0.15, 0.2) is 0 Å². The molecule has 2 N–H and O–H groups in total. The number of hydrogen-bond acceptors (Lipinski definition) is 4. The predicted molar refractivity (Wildman–Crippen MR) is 67.7 cm³/mol. The minimum atomic E-state index is 0.216. The Morgan fingerprint density at radius 2 is 1.69 bits per heavy atom. The van der Waals surface area contributed by atoms with Crippen molar-refractivity contribution in [2.75, 3.05) is 45.9 Å². The number of likely N-dealkylation sites (N-methyl/N-ethyl adjacent to an activating group) is 1. The van der Waals surface area contributed by atoms with E-state index >= 15 is 0 Å². The van der Waals surface area contributed by atoms with Gasteiger partial charge in [-0.25, -0.2) is 0 Å². The Balaban J connectivity index is 2.25. The Morgan fingerprint density at radius 1 is 1.12 bits per heavy atom. The zero-order valence-electron chi connectivity index (χ0n) is 10.9. The van der Waals surface area contributed by atoms with Crippen molar-refractivity contribution in [1.29, 1.82) is 0 Å². The van der Waals surface area contributed by atoms with Crippen LogP contribution < -0.4 is 5.32 Å². The summed E-state index contributed by atoms with van der Waals surface area (Å²) in [6.45, 7) is 13.4. The second-order valence-electron chi connectivity index (χ2n) is 4.94. The third-order valence-corrected chi connectivity index (χ3v) is 3.18. The molecule has 1 aliphatic rings. The molecule has 1 saturated heterocycles. The molecule has 0 bridgehead atoms. The van der Waals surface area contributed by atoms with E-state index in [1.165, 1.54) is 0 Å². The molecule has 0 spiro atoms.